The van der Waals surface area contributed by atoms with Crippen molar-refractivity contribution in [2.45, 2.75) is 26.3 Å². The highest BCUT2D eigenvalue weighted by molar-refractivity contribution is 7.80. The van der Waals surface area contributed by atoms with Crippen molar-refractivity contribution in [2.75, 3.05) is 11.9 Å². The Balaban J connectivity index is 2.94. The fraction of sp³-hybridized carbons (Fsp3) is 0.500. The standard InChI is InChI=1S/C10H16N4S/c1-4-7(2)14(3)10-12-6-5-8(13-10)9(11)15/h5-7H,4H2,1-3H3,(H2,11,15). The van der Waals surface area contributed by atoms with Gasteiger partial charge in [0.05, 0.1) is 0 Å². The highest BCUT2D eigenvalue weighted by Gasteiger charge is 2.11. The molecule has 1 aromatic rings. The summed E-state index contributed by atoms with van der Waals surface area (Å²) in [6.45, 7) is 4.25. The summed E-state index contributed by atoms with van der Waals surface area (Å²) in [7, 11) is 1.97. The van der Waals surface area contributed by atoms with Gasteiger partial charge in [-0.15, -0.1) is 0 Å². The molecule has 1 heterocycles. The number of nitrogens with zero attached hydrogens (tertiary/aromatic N) is 3. The zero-order valence-electron chi connectivity index (χ0n) is 9.27. The van der Waals surface area contributed by atoms with E-state index in [0.717, 1.165) is 6.42 Å². The Morgan fingerprint density at radius 3 is 2.87 bits per heavy atom. The van der Waals surface area contributed by atoms with Gasteiger partial charge in [-0.2, -0.15) is 0 Å². The molecule has 0 fully saturated rings. The third-order valence-corrected chi connectivity index (χ3v) is 2.67. The van der Waals surface area contributed by atoms with E-state index in [0.29, 0.717) is 22.7 Å². The minimum absolute atomic E-state index is 0.302. The summed E-state index contributed by atoms with van der Waals surface area (Å²) < 4.78 is 0. The Morgan fingerprint density at radius 2 is 2.33 bits per heavy atom. The summed E-state index contributed by atoms with van der Waals surface area (Å²) in [6.07, 6.45) is 2.72. The van der Waals surface area contributed by atoms with E-state index >= 15 is 0 Å². The maximum atomic E-state index is 5.51. The van der Waals surface area contributed by atoms with Crippen molar-refractivity contribution in [1.82, 2.24) is 9.97 Å². The number of hydrogen-bond donors (Lipinski definition) is 1. The summed E-state index contributed by atoms with van der Waals surface area (Å²) >= 11 is 4.87. The van der Waals surface area contributed by atoms with Crippen molar-refractivity contribution in [1.29, 1.82) is 0 Å². The molecule has 2 N–H and O–H groups in total. The van der Waals surface area contributed by atoms with Crippen molar-refractivity contribution >= 4 is 23.2 Å². The molecule has 0 spiro atoms. The topological polar surface area (TPSA) is 55.0 Å². The van der Waals surface area contributed by atoms with Gasteiger partial charge in [-0.3, -0.25) is 0 Å². The summed E-state index contributed by atoms with van der Waals surface area (Å²) in [5.74, 6) is 0.662. The van der Waals surface area contributed by atoms with Crippen LogP contribution in [-0.2, 0) is 0 Å². The van der Waals surface area contributed by atoms with Crippen LogP contribution in [-0.4, -0.2) is 28.0 Å². The molecular weight excluding hydrogens is 208 g/mol. The molecule has 0 radical (unpaired) electrons. The lowest BCUT2D eigenvalue weighted by Gasteiger charge is -2.23. The summed E-state index contributed by atoms with van der Waals surface area (Å²) in [6, 6.07) is 2.11. The van der Waals surface area contributed by atoms with E-state index in [-0.39, 0.29) is 0 Å². The minimum atomic E-state index is 0.302. The van der Waals surface area contributed by atoms with Crippen LogP contribution in [0.2, 0.25) is 0 Å². The molecule has 0 saturated carbocycles. The lowest BCUT2D eigenvalue weighted by atomic mass is 10.2. The van der Waals surface area contributed by atoms with Gasteiger partial charge >= 0.3 is 0 Å². The molecule has 0 aliphatic rings. The van der Waals surface area contributed by atoms with Gasteiger partial charge in [-0.05, 0) is 19.4 Å². The molecular formula is C10H16N4S. The van der Waals surface area contributed by atoms with E-state index in [4.69, 9.17) is 18.0 Å². The van der Waals surface area contributed by atoms with Crippen LogP contribution >= 0.6 is 12.2 Å². The van der Waals surface area contributed by atoms with Gasteiger partial charge in [-0.25, -0.2) is 9.97 Å². The highest BCUT2D eigenvalue weighted by atomic mass is 32.1. The van der Waals surface area contributed by atoms with Gasteiger partial charge in [-0.1, -0.05) is 19.1 Å². The zero-order chi connectivity index (χ0) is 11.4. The van der Waals surface area contributed by atoms with Gasteiger partial charge in [0.2, 0.25) is 5.95 Å². The Morgan fingerprint density at radius 1 is 1.67 bits per heavy atom. The quantitative estimate of drug-likeness (QED) is 0.782. The summed E-state index contributed by atoms with van der Waals surface area (Å²) in [4.78, 5) is 10.8. The predicted octanol–water partition coefficient (Wildman–Crippen LogP) is 1.35. The number of aromatic nitrogens is 2. The van der Waals surface area contributed by atoms with E-state index in [1.807, 2.05) is 11.9 Å². The number of thiocarbonyl (C=S) groups is 1. The van der Waals surface area contributed by atoms with Crippen molar-refractivity contribution in [3.63, 3.8) is 0 Å². The van der Waals surface area contributed by atoms with Gasteiger partial charge in [0.25, 0.3) is 0 Å². The second-order valence-corrected chi connectivity index (χ2v) is 3.91. The van der Waals surface area contributed by atoms with Crippen LogP contribution in [0, 0.1) is 0 Å². The molecule has 1 atom stereocenters. The van der Waals surface area contributed by atoms with Gasteiger partial charge < -0.3 is 10.6 Å². The van der Waals surface area contributed by atoms with Gasteiger partial charge in [0.1, 0.15) is 10.7 Å². The maximum absolute atomic E-state index is 5.51. The SMILES string of the molecule is CCC(C)N(C)c1nccc(C(N)=S)n1. The first kappa shape index (κ1) is 11.8. The van der Waals surface area contributed by atoms with E-state index < -0.39 is 0 Å². The normalized spacial score (nSPS) is 12.2. The smallest absolute Gasteiger partial charge is 0.225 e. The Labute approximate surface area is 95.5 Å². The van der Waals surface area contributed by atoms with Crippen molar-refractivity contribution in [3.05, 3.63) is 18.0 Å². The van der Waals surface area contributed by atoms with Crippen LogP contribution < -0.4 is 10.6 Å². The average molecular weight is 224 g/mol. The highest BCUT2D eigenvalue weighted by Crippen LogP contribution is 2.10. The number of anilines is 1. The van der Waals surface area contributed by atoms with Crippen LogP contribution in [0.4, 0.5) is 5.95 Å². The molecule has 0 aliphatic carbocycles. The third kappa shape index (κ3) is 2.86. The Kier molecular flexibility index (Phi) is 3.96. The molecule has 0 bridgehead atoms. The average Bonchev–Trinajstić information content (AvgIpc) is 2.27. The predicted molar refractivity (Wildman–Crippen MR) is 66.1 cm³/mol. The molecule has 0 amide bonds. The summed E-state index contributed by atoms with van der Waals surface area (Å²) in [5.41, 5.74) is 6.13. The first-order valence-corrected chi connectivity index (χ1v) is 5.32. The molecule has 5 heteroatoms. The van der Waals surface area contributed by atoms with E-state index in [9.17, 15) is 0 Å². The zero-order valence-corrected chi connectivity index (χ0v) is 10.1. The lowest BCUT2D eigenvalue weighted by molar-refractivity contribution is 0.648. The molecule has 1 aromatic heterocycles. The Bertz CT molecular complexity index is 353. The number of rotatable bonds is 4. The second kappa shape index (κ2) is 5.02. The molecule has 15 heavy (non-hydrogen) atoms. The summed E-state index contributed by atoms with van der Waals surface area (Å²) in [5, 5.41) is 0. The fourth-order valence-corrected chi connectivity index (χ4v) is 1.24. The van der Waals surface area contributed by atoms with Crippen LogP contribution in [0.25, 0.3) is 0 Å². The van der Waals surface area contributed by atoms with Gasteiger partial charge in [0, 0.05) is 19.3 Å². The van der Waals surface area contributed by atoms with Crippen LogP contribution in [0.15, 0.2) is 12.3 Å². The third-order valence-electron chi connectivity index (χ3n) is 2.46. The molecule has 0 aromatic carbocycles. The van der Waals surface area contributed by atoms with Crippen LogP contribution in [0.5, 0.6) is 0 Å². The molecule has 0 saturated heterocycles. The molecule has 82 valence electrons. The monoisotopic (exact) mass is 224 g/mol. The minimum Gasteiger partial charge on any atom is -0.388 e. The first-order chi connectivity index (χ1) is 7.06. The number of nitrogens with two attached hydrogens (primary N) is 1. The molecule has 0 aliphatic heterocycles. The molecule has 1 rings (SSSR count). The van der Waals surface area contributed by atoms with E-state index in [1.54, 1.807) is 12.3 Å². The number of hydrogen-bond acceptors (Lipinski definition) is 4. The van der Waals surface area contributed by atoms with Gasteiger partial charge in [0.15, 0.2) is 0 Å². The second-order valence-electron chi connectivity index (χ2n) is 3.47. The lowest BCUT2D eigenvalue weighted by Crippen LogP contribution is -2.30. The largest absolute Gasteiger partial charge is 0.388 e. The van der Waals surface area contributed by atoms with Crippen molar-refractivity contribution < 1.29 is 0 Å². The van der Waals surface area contributed by atoms with Crippen LogP contribution in [0.1, 0.15) is 26.0 Å². The van der Waals surface area contributed by atoms with E-state index in [2.05, 4.69) is 23.8 Å². The van der Waals surface area contributed by atoms with Crippen molar-refractivity contribution in [2.24, 2.45) is 5.73 Å². The molecule has 4 nitrogen and oxygen atoms in total. The molecule has 1 unspecified atom stereocenters. The first-order valence-electron chi connectivity index (χ1n) is 4.92. The fourth-order valence-electron chi connectivity index (χ4n) is 1.13. The maximum Gasteiger partial charge on any atom is 0.225 e. The van der Waals surface area contributed by atoms with Crippen molar-refractivity contribution in [3.8, 4) is 0 Å². The Hall–Kier alpha value is -1.23. The van der Waals surface area contributed by atoms with E-state index in [1.165, 1.54) is 0 Å². The van der Waals surface area contributed by atoms with Crippen LogP contribution in [0.3, 0.4) is 0 Å².